The van der Waals surface area contributed by atoms with Gasteiger partial charge in [0, 0.05) is 0 Å². The van der Waals surface area contributed by atoms with Crippen LogP contribution < -0.4 is 0 Å². The molecule has 9 heavy (non-hydrogen) atoms. The molecule has 0 aliphatic carbocycles. The van der Waals surface area contributed by atoms with E-state index < -0.39 is 12.5 Å². The van der Waals surface area contributed by atoms with E-state index in [-0.39, 0.29) is 12.2 Å². The molecule has 1 aliphatic heterocycles. The first kappa shape index (κ1) is 6.07. The van der Waals surface area contributed by atoms with Crippen LogP contribution in [0, 0.1) is 0 Å². The number of hydrogen-bond acceptors (Lipinski definition) is 3. The molecular weight excluding hydrogens is 127 g/mol. The highest BCUT2D eigenvalue weighted by atomic mass is 19.1. The average molecular weight is 132 g/mol. The Bertz CT molecular complexity index is 138. The van der Waals surface area contributed by atoms with Gasteiger partial charge in [-0.3, -0.25) is 0 Å². The minimum absolute atomic E-state index is 0.0638. The molecule has 0 aromatic rings. The van der Waals surface area contributed by atoms with Gasteiger partial charge in [0.15, 0.2) is 0 Å². The van der Waals surface area contributed by atoms with E-state index in [2.05, 4.69) is 16.1 Å². The standard InChI is InChI=1S/C5H5FO3/c1-3-2-4(6)9-5(7)8-3/h4H,1-2H2. The monoisotopic (exact) mass is 132 g/mol. The van der Waals surface area contributed by atoms with Crippen LogP contribution in [0.5, 0.6) is 0 Å². The lowest BCUT2D eigenvalue weighted by Crippen LogP contribution is -2.21. The second-order valence-corrected chi connectivity index (χ2v) is 1.62. The predicted molar refractivity (Wildman–Crippen MR) is 26.2 cm³/mol. The van der Waals surface area contributed by atoms with Crippen LogP contribution in [0.1, 0.15) is 6.42 Å². The molecule has 0 spiro atoms. The molecule has 4 heteroatoms. The third-order valence-electron chi connectivity index (χ3n) is 0.840. The number of rotatable bonds is 0. The summed E-state index contributed by atoms with van der Waals surface area (Å²) in [6, 6.07) is 0. The molecule has 0 aromatic carbocycles. The van der Waals surface area contributed by atoms with Crippen LogP contribution in [0.3, 0.4) is 0 Å². The second kappa shape index (κ2) is 2.05. The maximum absolute atomic E-state index is 12.1. The van der Waals surface area contributed by atoms with Crippen LogP contribution in [0.25, 0.3) is 0 Å². The Hall–Kier alpha value is -1.06. The van der Waals surface area contributed by atoms with Crippen molar-refractivity contribution < 1.29 is 18.7 Å². The molecule has 1 aliphatic rings. The van der Waals surface area contributed by atoms with Crippen molar-refractivity contribution in [3.05, 3.63) is 12.3 Å². The summed E-state index contributed by atoms with van der Waals surface area (Å²) >= 11 is 0. The number of cyclic esters (lactones) is 2. The Morgan fingerprint density at radius 1 is 1.78 bits per heavy atom. The van der Waals surface area contributed by atoms with E-state index in [4.69, 9.17) is 0 Å². The normalized spacial score (nSPS) is 27.0. The van der Waals surface area contributed by atoms with Gasteiger partial charge in [-0.05, 0) is 0 Å². The summed E-state index contributed by atoms with van der Waals surface area (Å²) in [5, 5.41) is 0. The number of halogens is 1. The quantitative estimate of drug-likeness (QED) is 0.466. The largest absolute Gasteiger partial charge is 0.516 e. The Morgan fingerprint density at radius 3 is 2.89 bits per heavy atom. The average Bonchev–Trinajstić information content (AvgIpc) is 1.59. The highest BCUT2D eigenvalue weighted by Gasteiger charge is 2.23. The zero-order chi connectivity index (χ0) is 6.85. The van der Waals surface area contributed by atoms with Gasteiger partial charge in [0.2, 0.25) is 0 Å². The summed E-state index contributed by atoms with van der Waals surface area (Å²) in [4.78, 5) is 10.1. The summed E-state index contributed by atoms with van der Waals surface area (Å²) in [6.07, 6.45) is -2.66. The molecule has 1 heterocycles. The van der Waals surface area contributed by atoms with Crippen molar-refractivity contribution in [2.75, 3.05) is 0 Å². The SMILES string of the molecule is C=C1CC(F)OC(=O)O1. The van der Waals surface area contributed by atoms with E-state index >= 15 is 0 Å². The Labute approximate surface area is 51.1 Å². The van der Waals surface area contributed by atoms with Gasteiger partial charge in [-0.1, -0.05) is 6.58 Å². The summed E-state index contributed by atoms with van der Waals surface area (Å²) in [5.74, 6) is 0.110. The maximum atomic E-state index is 12.1. The van der Waals surface area contributed by atoms with Crippen molar-refractivity contribution in [2.24, 2.45) is 0 Å². The van der Waals surface area contributed by atoms with E-state index in [1.54, 1.807) is 0 Å². The lowest BCUT2D eigenvalue weighted by Gasteiger charge is -2.16. The number of alkyl halides is 1. The number of hydrogen-bond donors (Lipinski definition) is 0. The molecule has 0 N–H and O–H groups in total. The van der Waals surface area contributed by atoms with Crippen LogP contribution >= 0.6 is 0 Å². The lowest BCUT2D eigenvalue weighted by atomic mass is 10.4. The number of ether oxygens (including phenoxy) is 2. The zero-order valence-corrected chi connectivity index (χ0v) is 4.59. The molecule has 1 unspecified atom stereocenters. The fourth-order valence-electron chi connectivity index (χ4n) is 0.509. The minimum atomic E-state index is -1.58. The van der Waals surface area contributed by atoms with Crippen LogP contribution in [0.2, 0.25) is 0 Å². The first-order chi connectivity index (χ1) is 4.18. The molecule has 1 rings (SSSR count). The van der Waals surface area contributed by atoms with Gasteiger partial charge in [-0.2, -0.15) is 0 Å². The van der Waals surface area contributed by atoms with Gasteiger partial charge in [0.1, 0.15) is 5.76 Å². The highest BCUT2D eigenvalue weighted by Crippen LogP contribution is 2.16. The molecule has 1 atom stereocenters. The Balaban J connectivity index is 2.53. The topological polar surface area (TPSA) is 35.5 Å². The van der Waals surface area contributed by atoms with Gasteiger partial charge in [0.25, 0.3) is 6.36 Å². The van der Waals surface area contributed by atoms with Gasteiger partial charge in [-0.25, -0.2) is 9.18 Å². The van der Waals surface area contributed by atoms with Crippen LogP contribution in [0.4, 0.5) is 9.18 Å². The van der Waals surface area contributed by atoms with Crippen LogP contribution in [-0.4, -0.2) is 12.5 Å². The summed E-state index contributed by atoms with van der Waals surface area (Å²) in [6.45, 7) is 3.25. The van der Waals surface area contributed by atoms with E-state index in [1.165, 1.54) is 0 Å². The van der Waals surface area contributed by atoms with Crippen molar-refractivity contribution >= 4 is 6.16 Å². The van der Waals surface area contributed by atoms with Crippen molar-refractivity contribution in [3.8, 4) is 0 Å². The summed E-state index contributed by atoms with van der Waals surface area (Å²) in [5.41, 5.74) is 0. The van der Waals surface area contributed by atoms with Crippen molar-refractivity contribution in [3.63, 3.8) is 0 Å². The van der Waals surface area contributed by atoms with Gasteiger partial charge in [-0.15, -0.1) is 0 Å². The minimum Gasteiger partial charge on any atom is -0.400 e. The molecule has 3 nitrogen and oxygen atoms in total. The predicted octanol–water partition coefficient (Wildman–Crippen LogP) is 1.35. The van der Waals surface area contributed by atoms with E-state index in [0.717, 1.165) is 0 Å². The van der Waals surface area contributed by atoms with E-state index in [1.807, 2.05) is 0 Å². The van der Waals surface area contributed by atoms with Crippen molar-refractivity contribution in [1.82, 2.24) is 0 Å². The van der Waals surface area contributed by atoms with Gasteiger partial charge < -0.3 is 9.47 Å². The highest BCUT2D eigenvalue weighted by molar-refractivity contribution is 5.62. The molecule has 0 bridgehead atoms. The van der Waals surface area contributed by atoms with Crippen molar-refractivity contribution in [1.29, 1.82) is 0 Å². The molecule has 0 amide bonds. The van der Waals surface area contributed by atoms with Crippen LogP contribution in [-0.2, 0) is 9.47 Å². The molecule has 1 fully saturated rings. The molecule has 0 saturated carbocycles. The molecule has 1 saturated heterocycles. The second-order valence-electron chi connectivity index (χ2n) is 1.62. The Kier molecular flexibility index (Phi) is 1.38. The van der Waals surface area contributed by atoms with E-state index in [0.29, 0.717) is 0 Å². The first-order valence-corrected chi connectivity index (χ1v) is 2.39. The smallest absolute Gasteiger partial charge is 0.400 e. The molecule has 0 aromatic heterocycles. The summed E-state index contributed by atoms with van der Waals surface area (Å²) in [7, 11) is 0. The van der Waals surface area contributed by atoms with Crippen molar-refractivity contribution in [2.45, 2.75) is 12.8 Å². The number of carbonyl (C=O) groups excluding carboxylic acids is 1. The molecular formula is C5H5FO3. The molecule has 0 radical (unpaired) electrons. The van der Waals surface area contributed by atoms with Gasteiger partial charge in [0.05, 0.1) is 6.42 Å². The third-order valence-corrected chi connectivity index (χ3v) is 0.840. The van der Waals surface area contributed by atoms with Crippen LogP contribution in [0.15, 0.2) is 12.3 Å². The third kappa shape index (κ3) is 1.42. The molecule has 50 valence electrons. The lowest BCUT2D eigenvalue weighted by molar-refractivity contribution is -0.0532. The van der Waals surface area contributed by atoms with E-state index in [9.17, 15) is 9.18 Å². The van der Waals surface area contributed by atoms with Gasteiger partial charge >= 0.3 is 6.16 Å². The fraction of sp³-hybridized carbons (Fsp3) is 0.400. The zero-order valence-electron chi connectivity index (χ0n) is 4.59. The Morgan fingerprint density at radius 2 is 2.44 bits per heavy atom. The first-order valence-electron chi connectivity index (χ1n) is 2.39. The fourth-order valence-corrected chi connectivity index (χ4v) is 0.509. The summed E-state index contributed by atoms with van der Waals surface area (Å²) < 4.78 is 20.3. The number of carbonyl (C=O) groups is 1. The maximum Gasteiger partial charge on any atom is 0.516 e.